The van der Waals surface area contributed by atoms with Crippen molar-refractivity contribution in [2.75, 3.05) is 13.1 Å². The number of aromatic amines is 1. The fourth-order valence-electron chi connectivity index (χ4n) is 4.91. The molecule has 2 saturated heterocycles. The highest BCUT2D eigenvalue weighted by Gasteiger charge is 2.53. The zero-order valence-corrected chi connectivity index (χ0v) is 15.2. The van der Waals surface area contributed by atoms with E-state index in [-0.39, 0.29) is 5.54 Å². The molecule has 2 aliphatic heterocycles. The monoisotopic (exact) mass is 357 g/mol. The Hall–Kier alpha value is -1.52. The predicted molar refractivity (Wildman–Crippen MR) is 99.7 cm³/mol. The molecule has 1 aromatic carbocycles. The molecule has 25 heavy (non-hydrogen) atoms. The van der Waals surface area contributed by atoms with Crippen molar-refractivity contribution in [2.45, 2.75) is 56.7 Å². The van der Waals surface area contributed by atoms with Crippen LogP contribution in [0, 0.1) is 0 Å². The molecule has 1 aromatic heterocycles. The molecule has 1 atom stereocenters. The minimum absolute atomic E-state index is 0.290. The van der Waals surface area contributed by atoms with Crippen molar-refractivity contribution in [3.05, 3.63) is 35.0 Å². The Morgan fingerprint density at radius 3 is 2.68 bits per heavy atom. The summed E-state index contributed by atoms with van der Waals surface area (Å²) < 4.78 is 0. The molecule has 3 heterocycles. The zero-order valence-electron chi connectivity index (χ0n) is 14.4. The van der Waals surface area contributed by atoms with Crippen molar-refractivity contribution in [2.24, 2.45) is 0 Å². The number of carbonyl (C=O) groups excluding carboxylic acids is 1. The van der Waals surface area contributed by atoms with Gasteiger partial charge in [-0.2, -0.15) is 0 Å². The molecule has 0 radical (unpaired) electrons. The number of piperidine rings is 1. The quantitative estimate of drug-likeness (QED) is 0.903. The lowest BCUT2D eigenvalue weighted by Crippen LogP contribution is -2.60. The molecule has 5 rings (SSSR count). The third-order valence-corrected chi connectivity index (χ3v) is 6.75. The lowest BCUT2D eigenvalue weighted by Gasteiger charge is -2.44. The minimum atomic E-state index is -0.290. The van der Waals surface area contributed by atoms with Crippen LogP contribution in [0.5, 0.6) is 0 Å². The number of benzene rings is 1. The van der Waals surface area contributed by atoms with Crippen LogP contribution >= 0.6 is 11.6 Å². The van der Waals surface area contributed by atoms with E-state index in [0.29, 0.717) is 11.9 Å². The van der Waals surface area contributed by atoms with Gasteiger partial charge in [-0.05, 0) is 51.1 Å². The summed E-state index contributed by atoms with van der Waals surface area (Å²) in [5, 5.41) is 1.88. The molecule has 1 spiro atoms. The molecular weight excluding hydrogens is 334 g/mol. The van der Waals surface area contributed by atoms with Gasteiger partial charge in [0.15, 0.2) is 0 Å². The van der Waals surface area contributed by atoms with Gasteiger partial charge in [0.2, 0.25) is 5.91 Å². The van der Waals surface area contributed by atoms with Crippen LogP contribution in [0.2, 0.25) is 5.02 Å². The summed E-state index contributed by atoms with van der Waals surface area (Å²) >= 11 is 6.64. The SMILES string of the molecule is O=C1N(C2CC2)CCCC12CCCN2Cc1[nH]c2ccccc2c1Cl. The maximum Gasteiger partial charge on any atom is 0.243 e. The lowest BCUT2D eigenvalue weighted by atomic mass is 9.85. The second-order valence-corrected chi connectivity index (χ2v) is 8.23. The average Bonchev–Trinajstić information content (AvgIpc) is 3.32. The van der Waals surface area contributed by atoms with Crippen LogP contribution < -0.4 is 0 Å². The number of nitrogens with zero attached hydrogens (tertiary/aromatic N) is 2. The third kappa shape index (κ3) is 2.42. The molecule has 2 aromatic rings. The summed E-state index contributed by atoms with van der Waals surface area (Å²) in [4.78, 5) is 21.4. The first-order valence-corrected chi connectivity index (χ1v) is 9.88. The highest BCUT2D eigenvalue weighted by molar-refractivity contribution is 6.36. The number of nitrogens with one attached hydrogen (secondary N) is 1. The van der Waals surface area contributed by atoms with Gasteiger partial charge in [-0.15, -0.1) is 0 Å². The average molecular weight is 358 g/mol. The summed E-state index contributed by atoms with van der Waals surface area (Å²) in [5.41, 5.74) is 1.83. The van der Waals surface area contributed by atoms with Crippen molar-refractivity contribution in [1.29, 1.82) is 0 Å². The van der Waals surface area contributed by atoms with Crippen molar-refractivity contribution in [3.8, 4) is 0 Å². The fourth-order valence-corrected chi connectivity index (χ4v) is 5.18. The van der Waals surface area contributed by atoms with Crippen LogP contribution in [0.15, 0.2) is 24.3 Å². The maximum absolute atomic E-state index is 13.3. The molecular formula is C20H24ClN3O. The van der Waals surface area contributed by atoms with E-state index in [1.807, 2.05) is 12.1 Å². The van der Waals surface area contributed by atoms with Gasteiger partial charge in [0.1, 0.15) is 5.54 Å². The summed E-state index contributed by atoms with van der Waals surface area (Å²) in [6.45, 7) is 2.67. The first kappa shape index (κ1) is 15.7. The molecule has 132 valence electrons. The molecule has 1 saturated carbocycles. The Kier molecular flexibility index (Phi) is 3.61. The summed E-state index contributed by atoms with van der Waals surface area (Å²) in [6.07, 6.45) is 6.59. The van der Waals surface area contributed by atoms with E-state index in [1.165, 1.54) is 12.8 Å². The zero-order chi connectivity index (χ0) is 17.0. The number of amides is 1. The summed E-state index contributed by atoms with van der Waals surface area (Å²) in [5.74, 6) is 0.381. The number of fused-ring (bicyclic) bond motifs is 1. The van der Waals surface area contributed by atoms with Crippen molar-refractivity contribution < 1.29 is 4.79 Å². The van der Waals surface area contributed by atoms with E-state index < -0.39 is 0 Å². The van der Waals surface area contributed by atoms with Gasteiger partial charge in [0.25, 0.3) is 0 Å². The van der Waals surface area contributed by atoms with Crippen LogP contribution in [-0.4, -0.2) is 45.4 Å². The normalized spacial score (nSPS) is 27.7. The number of rotatable bonds is 3. The molecule has 5 heteroatoms. The second-order valence-electron chi connectivity index (χ2n) is 7.85. The van der Waals surface area contributed by atoms with E-state index in [1.54, 1.807) is 0 Å². The summed E-state index contributed by atoms with van der Waals surface area (Å²) in [7, 11) is 0. The van der Waals surface area contributed by atoms with E-state index in [2.05, 4.69) is 26.9 Å². The Morgan fingerprint density at radius 2 is 1.92 bits per heavy atom. The van der Waals surface area contributed by atoms with Gasteiger partial charge < -0.3 is 9.88 Å². The van der Waals surface area contributed by atoms with Crippen LogP contribution in [0.4, 0.5) is 0 Å². The fraction of sp³-hybridized carbons (Fsp3) is 0.550. The van der Waals surface area contributed by atoms with Gasteiger partial charge in [0, 0.05) is 35.7 Å². The number of H-pyrrole nitrogens is 1. The van der Waals surface area contributed by atoms with Crippen molar-refractivity contribution in [3.63, 3.8) is 0 Å². The lowest BCUT2D eigenvalue weighted by molar-refractivity contribution is -0.148. The number of halogens is 1. The smallest absolute Gasteiger partial charge is 0.243 e. The Labute approximate surface area is 153 Å². The number of carbonyl (C=O) groups is 1. The Balaban J connectivity index is 1.46. The van der Waals surface area contributed by atoms with Gasteiger partial charge in [-0.1, -0.05) is 29.8 Å². The van der Waals surface area contributed by atoms with E-state index in [9.17, 15) is 4.79 Å². The first-order valence-electron chi connectivity index (χ1n) is 9.50. The van der Waals surface area contributed by atoms with Crippen LogP contribution in [0.3, 0.4) is 0 Å². The standard InChI is InChI=1S/C20H24ClN3O/c21-18-15-5-1-2-6-16(15)22-17(18)13-23-11-3-9-20(23)10-4-12-24(19(20)25)14-7-8-14/h1-2,5-6,14,22H,3-4,7-13H2. The molecule has 4 nitrogen and oxygen atoms in total. The number of hydrogen-bond acceptors (Lipinski definition) is 2. The van der Waals surface area contributed by atoms with Crippen LogP contribution in [-0.2, 0) is 11.3 Å². The maximum atomic E-state index is 13.3. The number of hydrogen-bond donors (Lipinski definition) is 1. The molecule has 1 amide bonds. The number of aromatic nitrogens is 1. The number of para-hydroxylation sites is 1. The van der Waals surface area contributed by atoms with Gasteiger partial charge in [-0.25, -0.2) is 0 Å². The highest BCUT2D eigenvalue weighted by Crippen LogP contribution is 2.43. The van der Waals surface area contributed by atoms with Crippen LogP contribution in [0.25, 0.3) is 10.9 Å². The minimum Gasteiger partial charge on any atom is -0.356 e. The Morgan fingerprint density at radius 1 is 1.16 bits per heavy atom. The van der Waals surface area contributed by atoms with E-state index >= 15 is 0 Å². The predicted octanol–water partition coefficient (Wildman–Crippen LogP) is 3.94. The number of likely N-dealkylation sites (tertiary alicyclic amines) is 2. The highest BCUT2D eigenvalue weighted by atomic mass is 35.5. The third-order valence-electron chi connectivity index (χ3n) is 6.32. The van der Waals surface area contributed by atoms with Gasteiger partial charge >= 0.3 is 0 Å². The molecule has 1 N–H and O–H groups in total. The first-order chi connectivity index (χ1) is 12.2. The Bertz CT molecular complexity index is 827. The molecule has 3 aliphatic rings. The van der Waals surface area contributed by atoms with Gasteiger partial charge in [-0.3, -0.25) is 9.69 Å². The molecule has 3 fully saturated rings. The van der Waals surface area contributed by atoms with E-state index in [0.717, 1.165) is 66.9 Å². The molecule has 1 unspecified atom stereocenters. The van der Waals surface area contributed by atoms with E-state index in [4.69, 9.17) is 11.6 Å². The topological polar surface area (TPSA) is 39.3 Å². The van der Waals surface area contributed by atoms with Crippen molar-refractivity contribution in [1.82, 2.24) is 14.8 Å². The molecule has 0 bridgehead atoms. The van der Waals surface area contributed by atoms with Crippen LogP contribution in [0.1, 0.15) is 44.2 Å². The molecule has 1 aliphatic carbocycles. The largest absolute Gasteiger partial charge is 0.356 e. The summed E-state index contributed by atoms with van der Waals surface area (Å²) in [6, 6.07) is 8.67. The second kappa shape index (κ2) is 5.75. The van der Waals surface area contributed by atoms with Crippen molar-refractivity contribution >= 4 is 28.4 Å². The van der Waals surface area contributed by atoms with Gasteiger partial charge in [0.05, 0.1) is 5.02 Å².